The summed E-state index contributed by atoms with van der Waals surface area (Å²) < 4.78 is 1.58. The molecule has 0 radical (unpaired) electrons. The predicted molar refractivity (Wildman–Crippen MR) is 85.5 cm³/mol. The summed E-state index contributed by atoms with van der Waals surface area (Å²) in [5.41, 5.74) is 9.81. The maximum atomic E-state index is 12.8. The van der Waals surface area contributed by atoms with E-state index >= 15 is 0 Å². The zero-order valence-electron chi connectivity index (χ0n) is 13.1. The first-order valence-corrected chi connectivity index (χ1v) is 7.19. The Morgan fingerprint density at radius 3 is 2.38 bits per heavy atom. The maximum absolute atomic E-state index is 12.8. The molecule has 0 bridgehead atoms. The van der Waals surface area contributed by atoms with E-state index in [0.29, 0.717) is 24.3 Å². The van der Waals surface area contributed by atoms with Crippen molar-refractivity contribution >= 4 is 17.3 Å². The van der Waals surface area contributed by atoms with Crippen LogP contribution < -0.4 is 10.6 Å². The number of carbonyl (C=O) groups excluding carboxylic acids is 1. The lowest BCUT2D eigenvalue weighted by Gasteiger charge is -2.21. The highest BCUT2D eigenvalue weighted by Crippen LogP contribution is 2.23. The number of hydrogen-bond donors (Lipinski definition) is 1. The van der Waals surface area contributed by atoms with Crippen LogP contribution in [0.5, 0.6) is 0 Å². The number of nitrogen functional groups attached to an aromatic ring is 1. The van der Waals surface area contributed by atoms with E-state index in [1.807, 2.05) is 45.0 Å². The van der Waals surface area contributed by atoms with Gasteiger partial charge in [-0.05, 0) is 32.4 Å². The van der Waals surface area contributed by atoms with Crippen LogP contribution in [0.3, 0.4) is 0 Å². The Kier molecular flexibility index (Phi) is 4.31. The summed E-state index contributed by atoms with van der Waals surface area (Å²) in [6.45, 7) is 6.53. The van der Waals surface area contributed by atoms with Crippen molar-refractivity contribution in [3.8, 4) is 0 Å². The summed E-state index contributed by atoms with van der Waals surface area (Å²) in [4.78, 5) is 14.5. The number of nitrogens with two attached hydrogens (primary N) is 1. The molecule has 2 N–H and O–H groups in total. The lowest BCUT2D eigenvalue weighted by Crippen LogP contribution is -2.32. The highest BCUT2D eigenvalue weighted by molar-refractivity contribution is 6.08. The minimum atomic E-state index is -0.117. The molecule has 5 nitrogen and oxygen atoms in total. The van der Waals surface area contributed by atoms with Gasteiger partial charge in [-0.3, -0.25) is 9.48 Å². The molecule has 0 saturated heterocycles. The van der Waals surface area contributed by atoms with Crippen molar-refractivity contribution in [2.75, 3.05) is 17.2 Å². The number of amides is 1. The molecule has 1 aromatic carbocycles. The quantitative estimate of drug-likeness (QED) is 0.939. The second kappa shape index (κ2) is 5.99. The third kappa shape index (κ3) is 2.77. The number of aryl methyl sites for hydroxylation is 3. The third-order valence-electron chi connectivity index (χ3n) is 3.60. The fraction of sp³-hybridized carbons (Fsp3) is 0.375. The Morgan fingerprint density at radius 2 is 1.90 bits per heavy atom. The van der Waals surface area contributed by atoms with E-state index in [1.165, 1.54) is 0 Å². The summed E-state index contributed by atoms with van der Waals surface area (Å²) >= 11 is 0. The average molecular weight is 286 g/mol. The number of hydrogen-bond acceptors (Lipinski definition) is 3. The minimum absolute atomic E-state index is 0.117. The van der Waals surface area contributed by atoms with Crippen LogP contribution in [-0.2, 0) is 13.5 Å². The van der Waals surface area contributed by atoms with Gasteiger partial charge in [0.1, 0.15) is 5.69 Å². The van der Waals surface area contributed by atoms with Gasteiger partial charge in [0.05, 0.1) is 11.4 Å². The predicted octanol–water partition coefficient (Wildman–Crippen LogP) is 2.54. The van der Waals surface area contributed by atoms with Gasteiger partial charge in [0, 0.05) is 19.3 Å². The average Bonchev–Trinajstić information content (AvgIpc) is 2.76. The first-order chi connectivity index (χ1) is 9.99. The lowest BCUT2D eigenvalue weighted by molar-refractivity contribution is 0.0980. The fourth-order valence-corrected chi connectivity index (χ4v) is 2.41. The Balaban J connectivity index is 2.41. The van der Waals surface area contributed by atoms with E-state index in [-0.39, 0.29) is 5.91 Å². The molecule has 0 fully saturated rings. The van der Waals surface area contributed by atoms with Crippen LogP contribution in [0, 0.1) is 6.92 Å². The van der Waals surface area contributed by atoms with Crippen molar-refractivity contribution in [3.05, 3.63) is 41.2 Å². The molecule has 0 aliphatic carbocycles. The van der Waals surface area contributed by atoms with Crippen LogP contribution in [0.4, 0.5) is 11.4 Å². The topological polar surface area (TPSA) is 64.2 Å². The summed E-state index contributed by atoms with van der Waals surface area (Å²) in [7, 11) is 1.76. The molecule has 0 spiro atoms. The number of anilines is 2. The number of benzene rings is 1. The smallest absolute Gasteiger partial charge is 0.278 e. The zero-order valence-corrected chi connectivity index (χ0v) is 13.1. The van der Waals surface area contributed by atoms with E-state index in [2.05, 4.69) is 5.10 Å². The molecule has 1 aromatic heterocycles. The minimum Gasteiger partial charge on any atom is -0.395 e. The molecule has 1 heterocycles. The fourth-order valence-electron chi connectivity index (χ4n) is 2.41. The van der Waals surface area contributed by atoms with Gasteiger partial charge in [0.2, 0.25) is 0 Å². The highest BCUT2D eigenvalue weighted by atomic mass is 16.2. The molecular formula is C16H22N4O. The SMILES string of the molecule is CCc1nn(C)c(C(=O)N(CC)c2ccc(C)cc2)c1N. The maximum Gasteiger partial charge on any atom is 0.278 e. The Bertz CT molecular complexity index is 643. The second-order valence-electron chi connectivity index (χ2n) is 5.07. The lowest BCUT2D eigenvalue weighted by atomic mass is 10.2. The van der Waals surface area contributed by atoms with E-state index in [4.69, 9.17) is 5.73 Å². The van der Waals surface area contributed by atoms with Gasteiger partial charge < -0.3 is 10.6 Å². The van der Waals surface area contributed by atoms with Crippen LogP contribution in [0.2, 0.25) is 0 Å². The largest absolute Gasteiger partial charge is 0.395 e. The summed E-state index contributed by atoms with van der Waals surface area (Å²) in [5, 5.41) is 4.32. The van der Waals surface area contributed by atoms with E-state index in [1.54, 1.807) is 16.6 Å². The van der Waals surface area contributed by atoms with Crippen LogP contribution in [-0.4, -0.2) is 22.2 Å². The van der Waals surface area contributed by atoms with Gasteiger partial charge in [0.15, 0.2) is 0 Å². The molecule has 0 aliphatic heterocycles. The monoisotopic (exact) mass is 286 g/mol. The molecule has 0 saturated carbocycles. The van der Waals surface area contributed by atoms with Crippen LogP contribution in [0.15, 0.2) is 24.3 Å². The molecule has 0 unspecified atom stereocenters. The first-order valence-electron chi connectivity index (χ1n) is 7.19. The molecule has 2 aromatic rings. The number of carbonyl (C=O) groups is 1. The van der Waals surface area contributed by atoms with E-state index in [9.17, 15) is 4.79 Å². The van der Waals surface area contributed by atoms with Gasteiger partial charge >= 0.3 is 0 Å². The molecule has 0 aliphatic rings. The summed E-state index contributed by atoms with van der Waals surface area (Å²) in [5.74, 6) is -0.117. The van der Waals surface area contributed by atoms with Gasteiger partial charge in [-0.15, -0.1) is 0 Å². The zero-order chi connectivity index (χ0) is 15.6. The molecule has 0 atom stereocenters. The summed E-state index contributed by atoms with van der Waals surface area (Å²) in [6.07, 6.45) is 0.712. The van der Waals surface area contributed by atoms with Crippen LogP contribution in [0.1, 0.15) is 35.6 Å². The van der Waals surface area contributed by atoms with Crippen molar-refractivity contribution in [1.82, 2.24) is 9.78 Å². The van der Waals surface area contributed by atoms with Crippen molar-refractivity contribution in [3.63, 3.8) is 0 Å². The number of nitrogens with zero attached hydrogens (tertiary/aromatic N) is 3. The van der Waals surface area contributed by atoms with Gasteiger partial charge in [-0.2, -0.15) is 5.10 Å². The molecule has 21 heavy (non-hydrogen) atoms. The van der Waals surface area contributed by atoms with E-state index in [0.717, 1.165) is 16.9 Å². The Labute approximate surface area is 125 Å². The Hall–Kier alpha value is -2.30. The molecular weight excluding hydrogens is 264 g/mol. The summed E-state index contributed by atoms with van der Waals surface area (Å²) in [6, 6.07) is 7.89. The molecule has 1 amide bonds. The molecule has 5 heteroatoms. The van der Waals surface area contributed by atoms with Crippen molar-refractivity contribution < 1.29 is 4.79 Å². The normalized spacial score (nSPS) is 10.7. The van der Waals surface area contributed by atoms with Crippen molar-refractivity contribution in [2.45, 2.75) is 27.2 Å². The van der Waals surface area contributed by atoms with E-state index < -0.39 is 0 Å². The molecule has 112 valence electrons. The van der Waals surface area contributed by atoms with Crippen molar-refractivity contribution in [1.29, 1.82) is 0 Å². The van der Waals surface area contributed by atoms with Gasteiger partial charge in [-0.25, -0.2) is 0 Å². The van der Waals surface area contributed by atoms with Crippen molar-refractivity contribution in [2.24, 2.45) is 7.05 Å². The first kappa shape index (κ1) is 15.1. The highest BCUT2D eigenvalue weighted by Gasteiger charge is 2.24. The van der Waals surface area contributed by atoms with Gasteiger partial charge in [-0.1, -0.05) is 24.6 Å². The number of rotatable bonds is 4. The standard InChI is InChI=1S/C16H22N4O/c1-5-13-14(17)15(19(4)18-13)16(21)20(6-2)12-9-7-11(3)8-10-12/h7-10H,5-6,17H2,1-4H3. The third-order valence-corrected chi connectivity index (χ3v) is 3.60. The number of aromatic nitrogens is 2. The Morgan fingerprint density at radius 1 is 1.29 bits per heavy atom. The second-order valence-corrected chi connectivity index (χ2v) is 5.07. The van der Waals surface area contributed by atoms with Crippen LogP contribution >= 0.6 is 0 Å². The van der Waals surface area contributed by atoms with Crippen LogP contribution in [0.25, 0.3) is 0 Å². The molecule has 2 rings (SSSR count). The van der Waals surface area contributed by atoms with Gasteiger partial charge in [0.25, 0.3) is 5.91 Å².